The van der Waals surface area contributed by atoms with Gasteiger partial charge in [-0.05, 0) is 43.0 Å². The molecule has 0 saturated carbocycles. The van der Waals surface area contributed by atoms with Crippen LogP contribution in [0.4, 0.5) is 0 Å². The molecule has 1 aliphatic rings. The molecule has 1 aliphatic heterocycles. The van der Waals surface area contributed by atoms with Gasteiger partial charge in [0.25, 0.3) is 0 Å². The average Bonchev–Trinajstić information content (AvgIpc) is 2.48. The van der Waals surface area contributed by atoms with Crippen LogP contribution in [0.2, 0.25) is 5.02 Å². The highest BCUT2D eigenvalue weighted by atomic mass is 35.5. The topological polar surface area (TPSA) is 57.6 Å². The summed E-state index contributed by atoms with van der Waals surface area (Å²) in [6.07, 6.45) is 4.29. The van der Waals surface area contributed by atoms with E-state index in [1.54, 1.807) is 11.0 Å². The summed E-state index contributed by atoms with van der Waals surface area (Å²) in [6, 6.07) is 5.63. The van der Waals surface area contributed by atoms with Crippen molar-refractivity contribution in [2.75, 3.05) is 13.1 Å². The van der Waals surface area contributed by atoms with Gasteiger partial charge in [-0.3, -0.25) is 9.59 Å². The van der Waals surface area contributed by atoms with Crippen molar-refractivity contribution in [3.8, 4) is 0 Å². The van der Waals surface area contributed by atoms with E-state index < -0.39 is 5.97 Å². The molecule has 0 radical (unpaired) electrons. The van der Waals surface area contributed by atoms with Gasteiger partial charge in [0.15, 0.2) is 0 Å². The number of carbonyl (C=O) groups excluding carboxylic acids is 1. The van der Waals surface area contributed by atoms with Crippen LogP contribution in [0.5, 0.6) is 0 Å². The summed E-state index contributed by atoms with van der Waals surface area (Å²) >= 11 is 6.04. The quantitative estimate of drug-likeness (QED) is 0.873. The summed E-state index contributed by atoms with van der Waals surface area (Å²) in [5.41, 5.74) is 1.87. The summed E-state index contributed by atoms with van der Waals surface area (Å²) in [5.74, 6) is -1.18. The molecular formula is C16H18ClNO3. The van der Waals surface area contributed by atoms with E-state index in [2.05, 4.69) is 0 Å². The second kappa shape index (κ2) is 6.76. The molecule has 1 fully saturated rings. The van der Waals surface area contributed by atoms with Crippen molar-refractivity contribution in [2.24, 2.45) is 5.92 Å². The lowest BCUT2D eigenvalue weighted by atomic mass is 9.97. The van der Waals surface area contributed by atoms with Crippen LogP contribution in [0, 0.1) is 12.8 Å². The number of hydrogen-bond donors (Lipinski definition) is 1. The lowest BCUT2D eigenvalue weighted by molar-refractivity contribution is -0.144. The summed E-state index contributed by atoms with van der Waals surface area (Å²) in [4.78, 5) is 24.6. The smallest absolute Gasteiger partial charge is 0.306 e. The number of hydrogen-bond acceptors (Lipinski definition) is 2. The number of piperidine rings is 1. The number of benzene rings is 1. The summed E-state index contributed by atoms with van der Waals surface area (Å²) < 4.78 is 0. The molecule has 0 aliphatic carbocycles. The van der Waals surface area contributed by atoms with Gasteiger partial charge in [-0.25, -0.2) is 0 Å². The molecular weight excluding hydrogens is 290 g/mol. The van der Waals surface area contributed by atoms with E-state index in [0.717, 1.165) is 11.1 Å². The molecule has 1 N–H and O–H groups in total. The molecule has 0 spiro atoms. The number of amides is 1. The molecule has 4 nitrogen and oxygen atoms in total. The zero-order chi connectivity index (χ0) is 15.4. The molecule has 1 amide bonds. The number of rotatable bonds is 3. The third-order valence-corrected chi connectivity index (χ3v) is 4.18. The highest BCUT2D eigenvalue weighted by Crippen LogP contribution is 2.19. The van der Waals surface area contributed by atoms with E-state index in [-0.39, 0.29) is 11.8 Å². The van der Waals surface area contributed by atoms with Crippen molar-refractivity contribution < 1.29 is 14.7 Å². The number of aryl methyl sites for hydroxylation is 1. The maximum atomic E-state index is 12.1. The average molecular weight is 308 g/mol. The van der Waals surface area contributed by atoms with Crippen LogP contribution in [-0.2, 0) is 9.59 Å². The van der Waals surface area contributed by atoms with Crippen molar-refractivity contribution in [1.29, 1.82) is 0 Å². The van der Waals surface area contributed by atoms with E-state index in [1.165, 1.54) is 6.08 Å². The number of carbonyl (C=O) groups is 2. The molecule has 0 unspecified atom stereocenters. The zero-order valence-electron chi connectivity index (χ0n) is 11.9. The monoisotopic (exact) mass is 307 g/mol. The van der Waals surface area contributed by atoms with Crippen LogP contribution in [0.25, 0.3) is 6.08 Å². The first-order valence-corrected chi connectivity index (χ1v) is 7.31. The molecule has 1 saturated heterocycles. The lowest BCUT2D eigenvalue weighted by Gasteiger charge is -2.29. The zero-order valence-corrected chi connectivity index (χ0v) is 12.6. The van der Waals surface area contributed by atoms with Crippen LogP contribution in [0.1, 0.15) is 24.0 Å². The number of nitrogens with zero attached hydrogens (tertiary/aromatic N) is 1. The molecule has 2 rings (SSSR count). The van der Waals surface area contributed by atoms with Crippen molar-refractivity contribution in [3.05, 3.63) is 40.4 Å². The van der Waals surface area contributed by atoms with E-state index in [4.69, 9.17) is 16.7 Å². The first-order chi connectivity index (χ1) is 9.97. The van der Waals surface area contributed by atoms with Crippen molar-refractivity contribution in [1.82, 2.24) is 4.90 Å². The Morgan fingerprint density at radius 2 is 2.00 bits per heavy atom. The fourth-order valence-electron chi connectivity index (χ4n) is 2.33. The first kappa shape index (κ1) is 15.6. The van der Waals surface area contributed by atoms with Gasteiger partial charge >= 0.3 is 5.97 Å². The van der Waals surface area contributed by atoms with E-state index >= 15 is 0 Å². The Balaban J connectivity index is 1.94. The molecule has 1 aromatic carbocycles. The summed E-state index contributed by atoms with van der Waals surface area (Å²) in [6.45, 7) is 2.91. The molecule has 0 bridgehead atoms. The fourth-order valence-corrected chi connectivity index (χ4v) is 2.52. The number of carboxylic acids is 1. The van der Waals surface area contributed by atoms with Crippen LogP contribution in [-0.4, -0.2) is 35.0 Å². The standard InChI is InChI=1S/C16H18ClNO3/c1-11-2-3-12(10-14(11)17)4-5-15(19)18-8-6-13(7-9-18)16(20)21/h2-5,10,13H,6-9H2,1H3,(H,20,21)/b5-4-. The number of aliphatic carboxylic acids is 1. The van der Waals surface area contributed by atoms with Gasteiger partial charge in [-0.15, -0.1) is 0 Å². The number of carboxylic acid groups (broad SMARTS) is 1. The number of likely N-dealkylation sites (tertiary alicyclic amines) is 1. The van der Waals surface area contributed by atoms with Gasteiger partial charge in [0.05, 0.1) is 5.92 Å². The Kier molecular flexibility index (Phi) is 5.02. The van der Waals surface area contributed by atoms with Crippen LogP contribution in [0.3, 0.4) is 0 Å². The van der Waals surface area contributed by atoms with Gasteiger partial charge in [-0.1, -0.05) is 23.7 Å². The van der Waals surface area contributed by atoms with E-state index in [0.29, 0.717) is 31.0 Å². The van der Waals surface area contributed by atoms with E-state index in [1.807, 2.05) is 25.1 Å². The Bertz CT molecular complexity index is 575. The molecule has 112 valence electrons. The molecule has 1 heterocycles. The largest absolute Gasteiger partial charge is 0.481 e. The van der Waals surface area contributed by atoms with Crippen LogP contribution in [0.15, 0.2) is 24.3 Å². The normalized spacial score (nSPS) is 16.4. The Morgan fingerprint density at radius 1 is 1.33 bits per heavy atom. The molecule has 21 heavy (non-hydrogen) atoms. The first-order valence-electron chi connectivity index (χ1n) is 6.93. The van der Waals surface area contributed by atoms with Crippen molar-refractivity contribution >= 4 is 29.6 Å². The van der Waals surface area contributed by atoms with E-state index in [9.17, 15) is 9.59 Å². The van der Waals surface area contributed by atoms with Gasteiger partial charge in [0.1, 0.15) is 0 Å². The Labute approximate surface area is 129 Å². The fraction of sp³-hybridized carbons (Fsp3) is 0.375. The minimum Gasteiger partial charge on any atom is -0.481 e. The summed E-state index contributed by atoms with van der Waals surface area (Å²) in [7, 11) is 0. The lowest BCUT2D eigenvalue weighted by Crippen LogP contribution is -2.39. The predicted molar refractivity (Wildman–Crippen MR) is 82.2 cm³/mol. The second-order valence-electron chi connectivity index (χ2n) is 5.28. The van der Waals surface area contributed by atoms with Crippen LogP contribution >= 0.6 is 11.6 Å². The summed E-state index contributed by atoms with van der Waals surface area (Å²) in [5, 5.41) is 9.61. The highest BCUT2D eigenvalue weighted by molar-refractivity contribution is 6.31. The second-order valence-corrected chi connectivity index (χ2v) is 5.69. The maximum absolute atomic E-state index is 12.1. The van der Waals surface area contributed by atoms with Crippen molar-refractivity contribution in [2.45, 2.75) is 19.8 Å². The third kappa shape index (κ3) is 4.08. The molecule has 5 heteroatoms. The van der Waals surface area contributed by atoms with Gasteiger partial charge in [-0.2, -0.15) is 0 Å². The third-order valence-electron chi connectivity index (χ3n) is 3.77. The molecule has 1 aromatic rings. The van der Waals surface area contributed by atoms with Gasteiger partial charge < -0.3 is 10.0 Å². The predicted octanol–water partition coefficient (Wildman–Crippen LogP) is 2.98. The minimum atomic E-state index is -0.771. The van der Waals surface area contributed by atoms with Gasteiger partial charge in [0, 0.05) is 24.2 Å². The maximum Gasteiger partial charge on any atom is 0.306 e. The Hall–Kier alpha value is -1.81. The molecule has 0 aromatic heterocycles. The number of halogens is 1. The minimum absolute atomic E-state index is 0.0875. The van der Waals surface area contributed by atoms with Crippen LogP contribution < -0.4 is 0 Å². The SMILES string of the molecule is Cc1ccc(/C=C\C(=O)N2CCC(C(=O)O)CC2)cc1Cl. The highest BCUT2D eigenvalue weighted by Gasteiger charge is 2.25. The van der Waals surface area contributed by atoms with Gasteiger partial charge in [0.2, 0.25) is 5.91 Å². The Morgan fingerprint density at radius 3 is 2.57 bits per heavy atom. The molecule has 0 atom stereocenters. The van der Waals surface area contributed by atoms with Crippen molar-refractivity contribution in [3.63, 3.8) is 0 Å².